The maximum Gasteiger partial charge on any atom is 0.433 e. The fourth-order valence-corrected chi connectivity index (χ4v) is 4.15. The van der Waals surface area contributed by atoms with E-state index in [1.165, 1.54) is 6.07 Å². The molecule has 0 bridgehead atoms. The molecule has 176 valence electrons. The normalized spacial score (nSPS) is 21.2. The first kappa shape index (κ1) is 23.0. The molecular formula is C23H25F3N4O3. The molecule has 0 aliphatic carbocycles. The molecular weight excluding hydrogens is 437 g/mol. The minimum Gasteiger partial charge on any atom is -0.491 e. The Hall–Kier alpha value is -3.14. The standard InChI is InChI=1S/C23H25F3N4O3/c1-4-32-19-10-21-28-17(15-8-13(2)33-14(3)9-15)11-30(21)12-18(19)29-22(31)16-6-5-7-20(27-16)23(24,25)26/h5-7,10-15H,4,8-9H2,1-3H3,(H,29,31). The molecule has 0 spiro atoms. The molecule has 1 amide bonds. The first-order valence-corrected chi connectivity index (χ1v) is 10.8. The highest BCUT2D eigenvalue weighted by Crippen LogP contribution is 2.34. The van der Waals surface area contributed by atoms with Crippen molar-refractivity contribution in [2.24, 2.45) is 0 Å². The minimum absolute atomic E-state index is 0.136. The molecule has 10 heteroatoms. The number of aromatic nitrogens is 3. The highest BCUT2D eigenvalue weighted by Gasteiger charge is 2.33. The fraction of sp³-hybridized carbons (Fsp3) is 0.435. The van der Waals surface area contributed by atoms with Crippen LogP contribution < -0.4 is 10.1 Å². The van der Waals surface area contributed by atoms with Gasteiger partial charge in [-0.15, -0.1) is 0 Å². The number of carbonyl (C=O) groups is 1. The molecule has 0 aromatic carbocycles. The first-order valence-electron chi connectivity index (χ1n) is 10.8. The highest BCUT2D eigenvalue weighted by atomic mass is 19.4. The topological polar surface area (TPSA) is 77.8 Å². The van der Waals surface area contributed by atoms with E-state index in [9.17, 15) is 18.0 Å². The van der Waals surface area contributed by atoms with Crippen molar-refractivity contribution in [2.75, 3.05) is 11.9 Å². The van der Waals surface area contributed by atoms with Crippen LogP contribution in [-0.2, 0) is 10.9 Å². The third kappa shape index (κ3) is 5.11. The molecule has 33 heavy (non-hydrogen) atoms. The Balaban J connectivity index is 1.64. The molecule has 4 rings (SSSR count). The van der Waals surface area contributed by atoms with E-state index in [1.807, 2.05) is 20.0 Å². The number of hydrogen-bond acceptors (Lipinski definition) is 5. The third-order valence-corrected chi connectivity index (χ3v) is 5.51. The summed E-state index contributed by atoms with van der Waals surface area (Å²) < 4.78 is 52.2. The smallest absolute Gasteiger partial charge is 0.433 e. The number of ether oxygens (including phenoxy) is 2. The van der Waals surface area contributed by atoms with Crippen molar-refractivity contribution in [3.05, 3.63) is 53.7 Å². The summed E-state index contributed by atoms with van der Waals surface area (Å²) >= 11 is 0. The summed E-state index contributed by atoms with van der Waals surface area (Å²) in [4.78, 5) is 20.9. The SMILES string of the molecule is CCOc1cc2nc(C3CC(C)OC(C)C3)cn2cc1NC(=O)c1cccc(C(F)(F)F)n1. The fourth-order valence-electron chi connectivity index (χ4n) is 4.15. The van der Waals surface area contributed by atoms with Crippen molar-refractivity contribution in [1.82, 2.24) is 14.4 Å². The van der Waals surface area contributed by atoms with Crippen LogP contribution in [0, 0.1) is 0 Å². The van der Waals surface area contributed by atoms with E-state index in [2.05, 4.69) is 10.3 Å². The Morgan fingerprint density at radius 1 is 1.21 bits per heavy atom. The van der Waals surface area contributed by atoms with Gasteiger partial charge in [-0.25, -0.2) is 9.97 Å². The number of anilines is 1. The van der Waals surface area contributed by atoms with E-state index in [4.69, 9.17) is 14.5 Å². The number of rotatable bonds is 5. The van der Waals surface area contributed by atoms with Crippen LogP contribution in [0.15, 0.2) is 36.7 Å². The van der Waals surface area contributed by atoms with Gasteiger partial charge in [-0.1, -0.05) is 6.07 Å². The van der Waals surface area contributed by atoms with Crippen molar-refractivity contribution >= 4 is 17.2 Å². The predicted molar refractivity (Wildman–Crippen MR) is 116 cm³/mol. The van der Waals surface area contributed by atoms with Crippen molar-refractivity contribution < 1.29 is 27.4 Å². The number of amides is 1. The molecule has 3 aromatic heterocycles. The summed E-state index contributed by atoms with van der Waals surface area (Å²) in [6.07, 6.45) is 0.898. The molecule has 1 saturated heterocycles. The maximum atomic E-state index is 13.0. The Bertz CT molecular complexity index is 1150. The van der Waals surface area contributed by atoms with E-state index >= 15 is 0 Å². The van der Waals surface area contributed by atoms with E-state index in [1.54, 1.807) is 23.6 Å². The van der Waals surface area contributed by atoms with Gasteiger partial charge in [0.25, 0.3) is 5.91 Å². The summed E-state index contributed by atoms with van der Waals surface area (Å²) in [6.45, 7) is 6.22. The minimum atomic E-state index is -4.64. The van der Waals surface area contributed by atoms with Crippen LogP contribution in [-0.4, -0.2) is 39.1 Å². The van der Waals surface area contributed by atoms with Gasteiger partial charge in [0.15, 0.2) is 0 Å². The van der Waals surface area contributed by atoms with E-state index < -0.39 is 17.8 Å². The van der Waals surface area contributed by atoms with Gasteiger partial charge in [-0.05, 0) is 45.7 Å². The van der Waals surface area contributed by atoms with Crippen molar-refractivity contribution in [3.63, 3.8) is 0 Å². The van der Waals surface area contributed by atoms with Crippen molar-refractivity contribution in [3.8, 4) is 5.75 Å². The molecule has 4 heterocycles. The van der Waals surface area contributed by atoms with Crippen LogP contribution in [0.2, 0.25) is 0 Å². The van der Waals surface area contributed by atoms with Crippen LogP contribution in [0.4, 0.5) is 18.9 Å². The van der Waals surface area contributed by atoms with E-state index in [-0.39, 0.29) is 23.8 Å². The Labute approximate surface area is 188 Å². The number of nitrogens with one attached hydrogen (secondary N) is 1. The van der Waals surface area contributed by atoms with E-state index in [0.29, 0.717) is 23.7 Å². The maximum absolute atomic E-state index is 13.0. The lowest BCUT2D eigenvalue weighted by atomic mass is 9.90. The lowest BCUT2D eigenvalue weighted by Gasteiger charge is -2.31. The van der Waals surface area contributed by atoms with Crippen LogP contribution in [0.25, 0.3) is 5.65 Å². The summed E-state index contributed by atoms with van der Waals surface area (Å²) in [7, 11) is 0. The Morgan fingerprint density at radius 3 is 2.61 bits per heavy atom. The zero-order valence-electron chi connectivity index (χ0n) is 18.5. The van der Waals surface area contributed by atoms with Gasteiger partial charge < -0.3 is 19.2 Å². The number of pyridine rings is 2. The van der Waals surface area contributed by atoms with Crippen LogP contribution in [0.5, 0.6) is 5.75 Å². The molecule has 1 aliphatic heterocycles. The molecule has 1 N–H and O–H groups in total. The molecule has 3 aromatic rings. The van der Waals surface area contributed by atoms with Crippen molar-refractivity contribution in [2.45, 2.75) is 57.9 Å². The summed E-state index contributed by atoms with van der Waals surface area (Å²) in [5.74, 6) is -0.156. The third-order valence-electron chi connectivity index (χ3n) is 5.51. The van der Waals surface area contributed by atoms with Crippen LogP contribution in [0.3, 0.4) is 0 Å². The molecule has 0 radical (unpaired) electrons. The predicted octanol–water partition coefficient (Wildman–Crippen LogP) is 5.07. The molecule has 2 unspecified atom stereocenters. The second-order valence-corrected chi connectivity index (χ2v) is 8.20. The average molecular weight is 462 g/mol. The molecule has 1 fully saturated rings. The van der Waals surface area contributed by atoms with Crippen LogP contribution in [0.1, 0.15) is 61.4 Å². The number of halogens is 3. The molecule has 1 aliphatic rings. The number of fused-ring (bicyclic) bond motifs is 1. The number of nitrogens with zero attached hydrogens (tertiary/aromatic N) is 3. The van der Waals surface area contributed by atoms with Gasteiger partial charge in [0.2, 0.25) is 0 Å². The Kier molecular flexibility index (Phi) is 6.29. The van der Waals surface area contributed by atoms with E-state index in [0.717, 1.165) is 30.7 Å². The average Bonchev–Trinajstić information content (AvgIpc) is 3.16. The quantitative estimate of drug-likeness (QED) is 0.573. The highest BCUT2D eigenvalue weighted by molar-refractivity contribution is 6.03. The lowest BCUT2D eigenvalue weighted by molar-refractivity contribution is -0.141. The molecule has 2 atom stereocenters. The van der Waals surface area contributed by atoms with Gasteiger partial charge in [0, 0.05) is 24.4 Å². The monoisotopic (exact) mass is 462 g/mol. The van der Waals surface area contributed by atoms with Crippen LogP contribution >= 0.6 is 0 Å². The zero-order chi connectivity index (χ0) is 23.8. The van der Waals surface area contributed by atoms with Gasteiger partial charge in [-0.3, -0.25) is 4.79 Å². The van der Waals surface area contributed by atoms with Crippen molar-refractivity contribution in [1.29, 1.82) is 0 Å². The number of hydrogen-bond donors (Lipinski definition) is 1. The number of carbonyl (C=O) groups excluding carboxylic acids is 1. The first-order chi connectivity index (χ1) is 15.6. The van der Waals surface area contributed by atoms with Gasteiger partial charge in [-0.2, -0.15) is 13.2 Å². The van der Waals surface area contributed by atoms with Gasteiger partial charge in [0.05, 0.1) is 24.5 Å². The van der Waals surface area contributed by atoms with Gasteiger partial charge in [0.1, 0.15) is 28.5 Å². The lowest BCUT2D eigenvalue weighted by Crippen LogP contribution is -2.28. The number of alkyl halides is 3. The molecule has 7 nitrogen and oxygen atoms in total. The van der Waals surface area contributed by atoms with Gasteiger partial charge >= 0.3 is 6.18 Å². The Morgan fingerprint density at radius 2 is 1.94 bits per heavy atom. The number of imidazole rings is 1. The second kappa shape index (κ2) is 9.01. The summed E-state index contributed by atoms with van der Waals surface area (Å²) in [5, 5.41) is 2.62. The largest absolute Gasteiger partial charge is 0.491 e. The zero-order valence-corrected chi connectivity index (χ0v) is 18.5. The summed E-state index contributed by atoms with van der Waals surface area (Å²) in [6, 6.07) is 4.90. The summed E-state index contributed by atoms with van der Waals surface area (Å²) in [5.41, 5.74) is 0.405. The molecule has 0 saturated carbocycles. The second-order valence-electron chi connectivity index (χ2n) is 8.20.